The van der Waals surface area contributed by atoms with Gasteiger partial charge in [-0.1, -0.05) is 0 Å². The van der Waals surface area contributed by atoms with Crippen molar-refractivity contribution in [2.75, 3.05) is 37.8 Å². The number of hydrogen-bond donors (Lipinski definition) is 2. The van der Waals surface area contributed by atoms with Gasteiger partial charge in [-0.2, -0.15) is 0 Å². The highest BCUT2D eigenvalue weighted by atomic mass is 15.2. The molecule has 0 spiro atoms. The van der Waals surface area contributed by atoms with Crippen LogP contribution in [0.5, 0.6) is 0 Å². The zero-order valence-electron chi connectivity index (χ0n) is 12.7. The SMILES string of the molecule is CNc1nc(C2CC2)nc(NCCN(C)C2CC2)c1C. The van der Waals surface area contributed by atoms with Gasteiger partial charge in [0.2, 0.25) is 0 Å². The molecule has 0 aliphatic heterocycles. The Morgan fingerprint density at radius 2 is 1.85 bits per heavy atom. The predicted octanol–water partition coefficient (Wildman–Crippen LogP) is 2.21. The first-order valence-electron chi connectivity index (χ1n) is 7.69. The highest BCUT2D eigenvalue weighted by molar-refractivity contribution is 5.57. The van der Waals surface area contributed by atoms with E-state index in [0.29, 0.717) is 5.92 Å². The van der Waals surface area contributed by atoms with Crippen LogP contribution < -0.4 is 10.6 Å². The molecule has 2 fully saturated rings. The maximum absolute atomic E-state index is 4.72. The maximum Gasteiger partial charge on any atom is 0.136 e. The standard InChI is InChI=1S/C15H25N5/c1-10-13(16-2)18-15(11-4-5-11)19-14(10)17-8-9-20(3)12-6-7-12/h11-12H,4-9H2,1-3H3,(H2,16,17,18,19). The third-order valence-corrected chi connectivity index (χ3v) is 4.27. The molecule has 110 valence electrons. The van der Waals surface area contributed by atoms with Crippen LogP contribution >= 0.6 is 0 Å². The van der Waals surface area contributed by atoms with Crippen LogP contribution in [0.2, 0.25) is 0 Å². The molecule has 20 heavy (non-hydrogen) atoms. The summed E-state index contributed by atoms with van der Waals surface area (Å²) in [5, 5.41) is 6.68. The summed E-state index contributed by atoms with van der Waals surface area (Å²) in [6.07, 6.45) is 5.18. The molecule has 0 aromatic carbocycles. The van der Waals surface area contributed by atoms with E-state index in [0.717, 1.165) is 42.2 Å². The van der Waals surface area contributed by atoms with Crippen molar-refractivity contribution < 1.29 is 0 Å². The van der Waals surface area contributed by atoms with E-state index in [2.05, 4.69) is 34.5 Å². The van der Waals surface area contributed by atoms with Crippen molar-refractivity contribution in [3.63, 3.8) is 0 Å². The Hall–Kier alpha value is -1.36. The number of nitrogens with zero attached hydrogens (tertiary/aromatic N) is 3. The first-order chi connectivity index (χ1) is 9.69. The minimum absolute atomic E-state index is 0.581. The Morgan fingerprint density at radius 3 is 2.45 bits per heavy atom. The lowest BCUT2D eigenvalue weighted by Crippen LogP contribution is -2.27. The van der Waals surface area contributed by atoms with E-state index in [1.807, 2.05) is 7.05 Å². The second-order valence-corrected chi connectivity index (χ2v) is 6.07. The fourth-order valence-corrected chi connectivity index (χ4v) is 2.52. The summed E-state index contributed by atoms with van der Waals surface area (Å²) in [6.45, 7) is 4.09. The number of nitrogens with one attached hydrogen (secondary N) is 2. The van der Waals surface area contributed by atoms with Gasteiger partial charge in [-0.05, 0) is 39.7 Å². The lowest BCUT2D eigenvalue weighted by Gasteiger charge is -2.18. The van der Waals surface area contributed by atoms with Crippen molar-refractivity contribution in [3.8, 4) is 0 Å². The summed E-state index contributed by atoms with van der Waals surface area (Å²) >= 11 is 0. The zero-order valence-corrected chi connectivity index (χ0v) is 12.7. The van der Waals surface area contributed by atoms with Gasteiger partial charge in [0.1, 0.15) is 17.5 Å². The number of anilines is 2. The Morgan fingerprint density at radius 1 is 1.15 bits per heavy atom. The van der Waals surface area contributed by atoms with Gasteiger partial charge in [-0.15, -0.1) is 0 Å². The quantitative estimate of drug-likeness (QED) is 0.799. The van der Waals surface area contributed by atoms with E-state index in [1.165, 1.54) is 25.7 Å². The van der Waals surface area contributed by atoms with Crippen LogP contribution in [-0.4, -0.2) is 48.1 Å². The second-order valence-electron chi connectivity index (χ2n) is 6.07. The molecule has 0 saturated heterocycles. The molecule has 1 aromatic heterocycles. The molecule has 5 nitrogen and oxygen atoms in total. The average molecular weight is 275 g/mol. The van der Waals surface area contributed by atoms with Crippen LogP contribution in [-0.2, 0) is 0 Å². The molecule has 2 saturated carbocycles. The van der Waals surface area contributed by atoms with Gasteiger partial charge in [0.15, 0.2) is 0 Å². The van der Waals surface area contributed by atoms with Gasteiger partial charge < -0.3 is 15.5 Å². The predicted molar refractivity (Wildman–Crippen MR) is 82.4 cm³/mol. The Balaban J connectivity index is 1.65. The lowest BCUT2D eigenvalue weighted by molar-refractivity contribution is 0.337. The van der Waals surface area contributed by atoms with Gasteiger partial charge >= 0.3 is 0 Å². The van der Waals surface area contributed by atoms with Crippen molar-refractivity contribution >= 4 is 11.6 Å². The van der Waals surface area contributed by atoms with E-state index >= 15 is 0 Å². The number of hydrogen-bond acceptors (Lipinski definition) is 5. The van der Waals surface area contributed by atoms with Crippen LogP contribution in [0, 0.1) is 6.92 Å². The molecule has 1 heterocycles. The molecule has 0 atom stereocenters. The van der Waals surface area contributed by atoms with Gasteiger partial charge in [-0.3, -0.25) is 0 Å². The van der Waals surface area contributed by atoms with Crippen LogP contribution in [0.3, 0.4) is 0 Å². The topological polar surface area (TPSA) is 53.1 Å². The molecule has 2 aliphatic carbocycles. The molecule has 2 aliphatic rings. The molecule has 0 unspecified atom stereocenters. The first kappa shape index (κ1) is 13.6. The fourth-order valence-electron chi connectivity index (χ4n) is 2.52. The maximum atomic E-state index is 4.72. The monoisotopic (exact) mass is 275 g/mol. The summed E-state index contributed by atoms with van der Waals surface area (Å²) in [4.78, 5) is 11.8. The molecular formula is C15H25N5. The molecule has 0 radical (unpaired) electrons. The number of likely N-dealkylation sites (N-methyl/N-ethyl adjacent to an activating group) is 1. The Labute approximate surface area is 121 Å². The largest absolute Gasteiger partial charge is 0.373 e. The van der Waals surface area contributed by atoms with E-state index < -0.39 is 0 Å². The highest BCUT2D eigenvalue weighted by Crippen LogP contribution is 2.39. The Kier molecular flexibility index (Phi) is 3.78. The van der Waals surface area contributed by atoms with Crippen LogP contribution in [0.1, 0.15) is 43.0 Å². The summed E-state index contributed by atoms with van der Waals surface area (Å²) < 4.78 is 0. The average Bonchev–Trinajstić information content (AvgIpc) is 3.31. The van der Waals surface area contributed by atoms with E-state index in [4.69, 9.17) is 4.98 Å². The normalized spacial score (nSPS) is 18.4. The van der Waals surface area contributed by atoms with Crippen molar-refractivity contribution in [3.05, 3.63) is 11.4 Å². The van der Waals surface area contributed by atoms with E-state index in [9.17, 15) is 0 Å². The molecule has 0 amide bonds. The zero-order chi connectivity index (χ0) is 14.1. The molecule has 1 aromatic rings. The van der Waals surface area contributed by atoms with E-state index in [-0.39, 0.29) is 0 Å². The molecule has 2 N–H and O–H groups in total. The third-order valence-electron chi connectivity index (χ3n) is 4.27. The van der Waals surface area contributed by atoms with Gasteiger partial charge in [-0.25, -0.2) is 9.97 Å². The molecular weight excluding hydrogens is 250 g/mol. The fraction of sp³-hybridized carbons (Fsp3) is 0.733. The van der Waals surface area contributed by atoms with Crippen molar-refractivity contribution in [1.82, 2.24) is 14.9 Å². The molecule has 5 heteroatoms. The van der Waals surface area contributed by atoms with Crippen molar-refractivity contribution in [2.45, 2.75) is 44.6 Å². The first-order valence-corrected chi connectivity index (χ1v) is 7.69. The summed E-state index contributed by atoms with van der Waals surface area (Å²) in [6, 6.07) is 0.818. The van der Waals surface area contributed by atoms with Crippen molar-refractivity contribution in [1.29, 1.82) is 0 Å². The molecule has 0 bridgehead atoms. The van der Waals surface area contributed by atoms with Gasteiger partial charge in [0, 0.05) is 37.7 Å². The number of aromatic nitrogens is 2. The van der Waals surface area contributed by atoms with Gasteiger partial charge in [0.25, 0.3) is 0 Å². The summed E-state index contributed by atoms with van der Waals surface area (Å²) in [5.74, 6) is 3.53. The summed E-state index contributed by atoms with van der Waals surface area (Å²) in [5.41, 5.74) is 1.12. The number of rotatable bonds is 7. The van der Waals surface area contributed by atoms with Crippen molar-refractivity contribution in [2.24, 2.45) is 0 Å². The third kappa shape index (κ3) is 3.03. The molecule has 3 rings (SSSR count). The van der Waals surface area contributed by atoms with E-state index in [1.54, 1.807) is 0 Å². The smallest absolute Gasteiger partial charge is 0.136 e. The van der Waals surface area contributed by atoms with Crippen LogP contribution in [0.15, 0.2) is 0 Å². The summed E-state index contributed by atoms with van der Waals surface area (Å²) in [7, 11) is 4.14. The minimum Gasteiger partial charge on any atom is -0.373 e. The van der Waals surface area contributed by atoms with Crippen LogP contribution in [0.4, 0.5) is 11.6 Å². The second kappa shape index (κ2) is 5.56. The van der Waals surface area contributed by atoms with Gasteiger partial charge in [0.05, 0.1) is 0 Å². The minimum atomic E-state index is 0.581. The Bertz CT molecular complexity index is 479. The highest BCUT2D eigenvalue weighted by Gasteiger charge is 2.28. The van der Waals surface area contributed by atoms with Crippen LogP contribution in [0.25, 0.3) is 0 Å². The lowest BCUT2D eigenvalue weighted by atomic mass is 10.2.